The normalized spacial score (nSPS) is 16.2. The highest BCUT2D eigenvalue weighted by atomic mass is 16.5. The zero-order chi connectivity index (χ0) is 22.6. The minimum Gasteiger partial charge on any atom is -0.457 e. The summed E-state index contributed by atoms with van der Waals surface area (Å²) >= 11 is 0. The van der Waals surface area contributed by atoms with Crippen molar-refractivity contribution in [2.45, 2.75) is 19.8 Å². The Hall–Kier alpha value is -3.61. The van der Waals surface area contributed by atoms with Crippen molar-refractivity contribution >= 4 is 17.7 Å². The first kappa shape index (κ1) is 21.2. The number of ether oxygens (including phenoxy) is 1. The van der Waals surface area contributed by atoms with E-state index in [9.17, 15) is 4.79 Å². The van der Waals surface area contributed by atoms with Gasteiger partial charge in [0.2, 0.25) is 5.95 Å². The summed E-state index contributed by atoms with van der Waals surface area (Å²) in [5.74, 6) is 3.33. The van der Waals surface area contributed by atoms with Crippen LogP contribution in [0.1, 0.15) is 28.9 Å². The second-order valence-electron chi connectivity index (χ2n) is 8.58. The highest BCUT2D eigenvalue weighted by Crippen LogP contribution is 2.24. The summed E-state index contributed by atoms with van der Waals surface area (Å²) in [4.78, 5) is 29.0. The number of anilines is 2. The lowest BCUT2D eigenvalue weighted by atomic mass is 10.1. The Bertz CT molecular complexity index is 1090. The van der Waals surface area contributed by atoms with E-state index in [1.54, 1.807) is 0 Å². The van der Waals surface area contributed by atoms with Crippen LogP contribution in [0.3, 0.4) is 0 Å². The molecule has 7 nitrogen and oxygen atoms in total. The molecule has 33 heavy (non-hydrogen) atoms. The summed E-state index contributed by atoms with van der Waals surface area (Å²) in [6, 6.07) is 19.1. The lowest BCUT2D eigenvalue weighted by Gasteiger charge is -2.35. The number of amides is 1. The van der Waals surface area contributed by atoms with Gasteiger partial charge in [0, 0.05) is 56.6 Å². The zero-order valence-corrected chi connectivity index (χ0v) is 19.0. The van der Waals surface area contributed by atoms with Crippen molar-refractivity contribution in [2.24, 2.45) is 0 Å². The SMILES string of the molecule is Cc1cc(N2CCCC2)nc(N2CCN(C(=O)c3ccc(Oc4ccccc4)cc3)CC2)n1. The summed E-state index contributed by atoms with van der Waals surface area (Å²) < 4.78 is 5.83. The van der Waals surface area contributed by atoms with Gasteiger partial charge in [0.15, 0.2) is 0 Å². The largest absolute Gasteiger partial charge is 0.457 e. The molecule has 1 amide bonds. The van der Waals surface area contributed by atoms with Crippen LogP contribution >= 0.6 is 0 Å². The van der Waals surface area contributed by atoms with Crippen LogP contribution < -0.4 is 14.5 Å². The number of aryl methyl sites for hydroxylation is 1. The van der Waals surface area contributed by atoms with Crippen LogP contribution in [0.4, 0.5) is 11.8 Å². The molecule has 0 spiro atoms. The first-order chi connectivity index (χ1) is 16.2. The monoisotopic (exact) mass is 443 g/mol. The number of rotatable bonds is 5. The van der Waals surface area contributed by atoms with Crippen molar-refractivity contribution in [3.8, 4) is 11.5 Å². The van der Waals surface area contributed by atoms with Gasteiger partial charge in [-0.1, -0.05) is 18.2 Å². The molecule has 0 aliphatic carbocycles. The third-order valence-corrected chi connectivity index (χ3v) is 6.19. The van der Waals surface area contributed by atoms with E-state index in [0.29, 0.717) is 24.4 Å². The molecule has 2 aliphatic rings. The number of hydrogen-bond acceptors (Lipinski definition) is 6. The average molecular weight is 444 g/mol. The van der Waals surface area contributed by atoms with Gasteiger partial charge in [-0.3, -0.25) is 4.79 Å². The number of carbonyl (C=O) groups is 1. The zero-order valence-electron chi connectivity index (χ0n) is 19.0. The molecule has 3 heterocycles. The highest BCUT2D eigenvalue weighted by Gasteiger charge is 2.25. The lowest BCUT2D eigenvalue weighted by molar-refractivity contribution is 0.0746. The fourth-order valence-corrected chi connectivity index (χ4v) is 4.37. The van der Waals surface area contributed by atoms with Crippen LogP contribution in [0, 0.1) is 6.92 Å². The van der Waals surface area contributed by atoms with Crippen molar-refractivity contribution < 1.29 is 9.53 Å². The predicted octanol–water partition coefficient (Wildman–Crippen LogP) is 4.14. The van der Waals surface area contributed by atoms with Crippen LogP contribution in [0.25, 0.3) is 0 Å². The summed E-state index contributed by atoms with van der Waals surface area (Å²) in [5, 5.41) is 0. The van der Waals surface area contributed by atoms with Gasteiger partial charge in [0.05, 0.1) is 0 Å². The Balaban J connectivity index is 1.20. The highest BCUT2D eigenvalue weighted by molar-refractivity contribution is 5.94. The van der Waals surface area contributed by atoms with E-state index < -0.39 is 0 Å². The molecule has 3 aromatic rings. The minimum atomic E-state index is 0.0452. The van der Waals surface area contributed by atoms with Crippen molar-refractivity contribution in [3.63, 3.8) is 0 Å². The predicted molar refractivity (Wildman–Crippen MR) is 129 cm³/mol. The topological polar surface area (TPSA) is 61.8 Å². The van der Waals surface area contributed by atoms with Crippen LogP contribution in [0.15, 0.2) is 60.7 Å². The van der Waals surface area contributed by atoms with E-state index in [2.05, 4.69) is 20.9 Å². The van der Waals surface area contributed by atoms with E-state index in [4.69, 9.17) is 9.72 Å². The fraction of sp³-hybridized carbons (Fsp3) is 0.346. The summed E-state index contributed by atoms with van der Waals surface area (Å²) in [5.41, 5.74) is 1.66. The maximum atomic E-state index is 13.0. The minimum absolute atomic E-state index is 0.0452. The van der Waals surface area contributed by atoms with Crippen LogP contribution in [0.2, 0.25) is 0 Å². The number of para-hydroxylation sites is 1. The van der Waals surface area contributed by atoms with Crippen LogP contribution in [-0.2, 0) is 0 Å². The fourth-order valence-electron chi connectivity index (χ4n) is 4.37. The number of benzene rings is 2. The molecule has 0 atom stereocenters. The van der Waals surface area contributed by atoms with E-state index in [1.807, 2.05) is 66.4 Å². The summed E-state index contributed by atoms with van der Waals surface area (Å²) in [7, 11) is 0. The molecule has 1 aromatic heterocycles. The van der Waals surface area contributed by atoms with Gasteiger partial charge < -0.3 is 19.4 Å². The average Bonchev–Trinajstić information content (AvgIpc) is 3.40. The molecule has 2 aromatic carbocycles. The number of hydrogen-bond donors (Lipinski definition) is 0. The van der Waals surface area contributed by atoms with Gasteiger partial charge in [0.25, 0.3) is 5.91 Å². The molecule has 0 unspecified atom stereocenters. The second kappa shape index (κ2) is 9.48. The van der Waals surface area contributed by atoms with Gasteiger partial charge in [-0.15, -0.1) is 0 Å². The van der Waals surface area contributed by atoms with Crippen molar-refractivity contribution in [2.75, 3.05) is 49.1 Å². The van der Waals surface area contributed by atoms with Gasteiger partial charge in [-0.05, 0) is 56.2 Å². The summed E-state index contributed by atoms with van der Waals surface area (Å²) in [6.45, 7) is 6.90. The van der Waals surface area contributed by atoms with Crippen molar-refractivity contribution in [1.82, 2.24) is 14.9 Å². The molecule has 2 fully saturated rings. The van der Waals surface area contributed by atoms with Crippen LogP contribution in [-0.4, -0.2) is 60.0 Å². The molecule has 2 saturated heterocycles. The maximum absolute atomic E-state index is 13.0. The molecule has 0 radical (unpaired) electrons. The Morgan fingerprint density at radius 2 is 1.45 bits per heavy atom. The van der Waals surface area contributed by atoms with Crippen LogP contribution in [0.5, 0.6) is 11.5 Å². The molecular weight excluding hydrogens is 414 g/mol. The Morgan fingerprint density at radius 1 is 0.788 bits per heavy atom. The van der Waals surface area contributed by atoms with Crippen molar-refractivity contribution in [3.05, 3.63) is 71.9 Å². The van der Waals surface area contributed by atoms with Gasteiger partial charge in [-0.25, -0.2) is 4.98 Å². The second-order valence-corrected chi connectivity index (χ2v) is 8.58. The molecule has 0 saturated carbocycles. The van der Waals surface area contributed by atoms with Crippen molar-refractivity contribution in [1.29, 1.82) is 0 Å². The van der Waals surface area contributed by atoms with E-state index in [-0.39, 0.29) is 5.91 Å². The number of piperazine rings is 1. The number of aromatic nitrogens is 2. The number of carbonyl (C=O) groups excluding carboxylic acids is 1. The van der Waals surface area contributed by atoms with Gasteiger partial charge >= 0.3 is 0 Å². The Labute approximate surface area is 194 Å². The maximum Gasteiger partial charge on any atom is 0.253 e. The Kier molecular flexibility index (Phi) is 6.11. The third-order valence-electron chi connectivity index (χ3n) is 6.19. The summed E-state index contributed by atoms with van der Waals surface area (Å²) in [6.07, 6.45) is 2.44. The van der Waals surface area contributed by atoms with E-state index >= 15 is 0 Å². The molecule has 0 N–H and O–H groups in total. The van der Waals surface area contributed by atoms with Gasteiger partial charge in [-0.2, -0.15) is 4.98 Å². The molecule has 2 aliphatic heterocycles. The molecule has 0 bridgehead atoms. The smallest absolute Gasteiger partial charge is 0.253 e. The quantitative estimate of drug-likeness (QED) is 0.591. The van der Waals surface area contributed by atoms with E-state index in [1.165, 1.54) is 12.8 Å². The van der Waals surface area contributed by atoms with E-state index in [0.717, 1.165) is 49.4 Å². The first-order valence-electron chi connectivity index (χ1n) is 11.6. The molecule has 5 rings (SSSR count). The van der Waals surface area contributed by atoms with Gasteiger partial charge in [0.1, 0.15) is 17.3 Å². The first-order valence-corrected chi connectivity index (χ1v) is 11.6. The number of nitrogens with zero attached hydrogens (tertiary/aromatic N) is 5. The molecule has 170 valence electrons. The standard InChI is InChI=1S/C26H29N5O2/c1-20-19-24(29-13-5-6-14-29)28-26(27-20)31-17-15-30(16-18-31)25(32)21-9-11-23(12-10-21)33-22-7-3-2-4-8-22/h2-4,7-12,19H,5-6,13-18H2,1H3. The third kappa shape index (κ3) is 4.92. The Morgan fingerprint density at radius 3 is 2.15 bits per heavy atom. The molecular formula is C26H29N5O2. The lowest BCUT2D eigenvalue weighted by Crippen LogP contribution is -2.49. The molecule has 7 heteroatoms.